The van der Waals surface area contributed by atoms with E-state index in [4.69, 9.17) is 0 Å². The van der Waals surface area contributed by atoms with E-state index in [-0.39, 0.29) is 11.8 Å². The number of nitrogens with one attached hydrogen (secondary N) is 1. The van der Waals surface area contributed by atoms with Crippen molar-refractivity contribution < 1.29 is 4.79 Å². The molecule has 1 unspecified atom stereocenters. The Morgan fingerprint density at radius 3 is 2.74 bits per heavy atom. The highest BCUT2D eigenvalue weighted by molar-refractivity contribution is 7.13. The van der Waals surface area contributed by atoms with Crippen molar-refractivity contribution >= 4 is 34.4 Å². The van der Waals surface area contributed by atoms with E-state index >= 15 is 0 Å². The second kappa shape index (κ2) is 7.73. The molecule has 4 aromatic heterocycles. The van der Waals surface area contributed by atoms with Crippen LogP contribution in [0.25, 0.3) is 21.4 Å². The zero-order chi connectivity index (χ0) is 18.6. The molecule has 0 fully saturated rings. The van der Waals surface area contributed by atoms with Gasteiger partial charge in [0.1, 0.15) is 16.5 Å². The molecule has 134 valence electrons. The van der Waals surface area contributed by atoms with E-state index in [0.29, 0.717) is 17.3 Å². The summed E-state index contributed by atoms with van der Waals surface area (Å²) in [6, 6.07) is 9.36. The molecule has 1 amide bonds. The number of nitrogens with zero attached hydrogens (tertiary/aromatic N) is 4. The monoisotopic (exact) mass is 393 g/mol. The van der Waals surface area contributed by atoms with Crippen molar-refractivity contribution in [2.45, 2.75) is 12.8 Å². The fourth-order valence-corrected chi connectivity index (χ4v) is 3.76. The van der Waals surface area contributed by atoms with Crippen LogP contribution >= 0.6 is 22.7 Å². The Labute approximate surface area is 164 Å². The number of thiazole rings is 1. The first-order chi connectivity index (χ1) is 13.2. The maximum Gasteiger partial charge on any atom is 0.232 e. The summed E-state index contributed by atoms with van der Waals surface area (Å²) in [6.45, 7) is 1.84. The first-order valence-electron chi connectivity index (χ1n) is 8.24. The summed E-state index contributed by atoms with van der Waals surface area (Å²) in [7, 11) is 0. The van der Waals surface area contributed by atoms with Crippen molar-refractivity contribution in [3.8, 4) is 21.4 Å². The number of carbonyl (C=O) groups is 1. The fraction of sp³-hybridized carbons (Fsp3) is 0.105. The standard InChI is InChI=1S/C19H15N5OS2/c1-12(13-4-2-6-20-11-13)18(25)24-16-10-14(19-21-7-9-27-19)22-17(23-16)15-5-3-8-26-15/h2-12H,1H3,(H,22,23,24,25). The third-order valence-corrected chi connectivity index (χ3v) is 5.61. The van der Waals surface area contributed by atoms with Gasteiger partial charge < -0.3 is 5.32 Å². The summed E-state index contributed by atoms with van der Waals surface area (Å²) >= 11 is 3.04. The molecule has 0 aromatic carbocycles. The Morgan fingerprint density at radius 2 is 2.04 bits per heavy atom. The summed E-state index contributed by atoms with van der Waals surface area (Å²) in [5.74, 6) is 0.535. The average Bonchev–Trinajstić information content (AvgIpc) is 3.41. The maximum atomic E-state index is 12.7. The van der Waals surface area contributed by atoms with Gasteiger partial charge in [0.2, 0.25) is 5.91 Å². The Balaban J connectivity index is 1.66. The number of aromatic nitrogens is 4. The minimum absolute atomic E-state index is 0.149. The van der Waals surface area contributed by atoms with Crippen LogP contribution in [0.15, 0.2) is 59.7 Å². The van der Waals surface area contributed by atoms with E-state index in [1.807, 2.05) is 41.9 Å². The van der Waals surface area contributed by atoms with Crippen LogP contribution in [0.1, 0.15) is 18.4 Å². The molecule has 0 spiro atoms. The SMILES string of the molecule is CC(C(=O)Nc1cc(-c2nccs2)nc(-c2cccs2)n1)c1cccnc1. The molecular formula is C19H15N5OS2. The molecule has 0 bridgehead atoms. The summed E-state index contributed by atoms with van der Waals surface area (Å²) < 4.78 is 0. The van der Waals surface area contributed by atoms with Gasteiger partial charge in [-0.3, -0.25) is 9.78 Å². The van der Waals surface area contributed by atoms with Crippen LogP contribution in [0, 0.1) is 0 Å². The lowest BCUT2D eigenvalue weighted by Crippen LogP contribution is -2.20. The lowest BCUT2D eigenvalue weighted by Gasteiger charge is -2.12. The van der Waals surface area contributed by atoms with Crippen molar-refractivity contribution in [1.82, 2.24) is 19.9 Å². The van der Waals surface area contributed by atoms with Gasteiger partial charge in [-0.05, 0) is 30.0 Å². The van der Waals surface area contributed by atoms with Gasteiger partial charge in [0.15, 0.2) is 5.82 Å². The minimum Gasteiger partial charge on any atom is -0.310 e. The van der Waals surface area contributed by atoms with Crippen LogP contribution < -0.4 is 5.32 Å². The minimum atomic E-state index is -0.345. The number of amides is 1. The van der Waals surface area contributed by atoms with Crippen LogP contribution in [-0.2, 0) is 4.79 Å². The molecule has 0 aliphatic rings. The van der Waals surface area contributed by atoms with Gasteiger partial charge in [-0.2, -0.15) is 0 Å². The normalized spacial score (nSPS) is 11.9. The molecule has 8 heteroatoms. The van der Waals surface area contributed by atoms with Gasteiger partial charge in [-0.25, -0.2) is 15.0 Å². The first kappa shape index (κ1) is 17.4. The zero-order valence-electron chi connectivity index (χ0n) is 14.4. The molecule has 0 aliphatic carbocycles. The quantitative estimate of drug-likeness (QED) is 0.541. The van der Waals surface area contributed by atoms with Crippen LogP contribution in [-0.4, -0.2) is 25.8 Å². The summed E-state index contributed by atoms with van der Waals surface area (Å²) in [5.41, 5.74) is 1.54. The van der Waals surface area contributed by atoms with Gasteiger partial charge in [-0.1, -0.05) is 12.1 Å². The van der Waals surface area contributed by atoms with E-state index in [0.717, 1.165) is 15.4 Å². The summed E-state index contributed by atoms with van der Waals surface area (Å²) in [5, 5.41) is 7.56. The van der Waals surface area contributed by atoms with Crippen LogP contribution in [0.5, 0.6) is 0 Å². The van der Waals surface area contributed by atoms with Crippen LogP contribution in [0.2, 0.25) is 0 Å². The molecule has 0 radical (unpaired) electrons. The van der Waals surface area contributed by atoms with Gasteiger partial charge in [0.05, 0.1) is 10.8 Å². The predicted molar refractivity (Wildman–Crippen MR) is 108 cm³/mol. The van der Waals surface area contributed by atoms with E-state index in [1.165, 1.54) is 11.3 Å². The largest absolute Gasteiger partial charge is 0.310 e. The number of hydrogen-bond acceptors (Lipinski definition) is 7. The molecular weight excluding hydrogens is 378 g/mol. The van der Waals surface area contributed by atoms with Gasteiger partial charge in [0, 0.05) is 30.0 Å². The Bertz CT molecular complexity index is 981. The second-order valence-electron chi connectivity index (χ2n) is 5.77. The summed E-state index contributed by atoms with van der Waals surface area (Å²) in [4.78, 5) is 31.2. The Morgan fingerprint density at radius 1 is 1.11 bits per heavy atom. The van der Waals surface area contributed by atoms with Crippen LogP contribution in [0.3, 0.4) is 0 Å². The predicted octanol–water partition coefficient (Wildman–Crippen LogP) is 4.47. The smallest absolute Gasteiger partial charge is 0.232 e. The molecule has 6 nitrogen and oxygen atoms in total. The number of anilines is 1. The second-order valence-corrected chi connectivity index (χ2v) is 7.62. The average molecular weight is 393 g/mol. The molecule has 27 heavy (non-hydrogen) atoms. The molecule has 0 aliphatic heterocycles. The molecule has 4 heterocycles. The lowest BCUT2D eigenvalue weighted by molar-refractivity contribution is -0.117. The highest BCUT2D eigenvalue weighted by atomic mass is 32.1. The Hall–Kier alpha value is -2.97. The molecule has 1 N–H and O–H groups in total. The number of hydrogen-bond donors (Lipinski definition) is 1. The fourth-order valence-electron chi connectivity index (χ4n) is 2.50. The van der Waals surface area contributed by atoms with Crippen LogP contribution in [0.4, 0.5) is 5.82 Å². The molecule has 0 saturated heterocycles. The van der Waals surface area contributed by atoms with Crippen molar-refractivity contribution in [1.29, 1.82) is 0 Å². The summed E-state index contributed by atoms with van der Waals surface area (Å²) in [6.07, 6.45) is 5.12. The number of carbonyl (C=O) groups excluding carboxylic acids is 1. The first-order valence-corrected chi connectivity index (χ1v) is 10.0. The number of thiophene rings is 1. The third-order valence-electron chi connectivity index (χ3n) is 3.95. The highest BCUT2D eigenvalue weighted by Gasteiger charge is 2.18. The maximum absolute atomic E-state index is 12.7. The Kier molecular flexibility index (Phi) is 4.99. The van der Waals surface area contributed by atoms with Gasteiger partial charge >= 0.3 is 0 Å². The van der Waals surface area contributed by atoms with Gasteiger partial charge in [-0.15, -0.1) is 22.7 Å². The van der Waals surface area contributed by atoms with Gasteiger partial charge in [0.25, 0.3) is 0 Å². The lowest BCUT2D eigenvalue weighted by atomic mass is 10.0. The van der Waals surface area contributed by atoms with E-state index < -0.39 is 0 Å². The number of rotatable bonds is 5. The van der Waals surface area contributed by atoms with Crippen molar-refractivity contribution in [3.63, 3.8) is 0 Å². The van der Waals surface area contributed by atoms with E-state index in [1.54, 1.807) is 36.0 Å². The topological polar surface area (TPSA) is 80.7 Å². The van der Waals surface area contributed by atoms with E-state index in [2.05, 4.69) is 25.3 Å². The molecule has 4 rings (SSSR count). The molecule has 0 saturated carbocycles. The van der Waals surface area contributed by atoms with Crippen molar-refractivity contribution in [2.24, 2.45) is 0 Å². The number of pyridine rings is 1. The highest BCUT2D eigenvalue weighted by Crippen LogP contribution is 2.28. The van der Waals surface area contributed by atoms with Crippen molar-refractivity contribution in [2.75, 3.05) is 5.32 Å². The van der Waals surface area contributed by atoms with E-state index in [9.17, 15) is 4.79 Å². The van der Waals surface area contributed by atoms with Crippen molar-refractivity contribution in [3.05, 3.63) is 65.2 Å². The molecule has 1 atom stereocenters. The third kappa shape index (κ3) is 3.91. The molecule has 4 aromatic rings. The zero-order valence-corrected chi connectivity index (χ0v) is 16.0.